The number of carbonyl (C=O) groups is 1. The Morgan fingerprint density at radius 2 is 2.07 bits per heavy atom. The molecule has 3 heterocycles. The molecule has 2 aromatic rings. The van der Waals surface area contributed by atoms with Gasteiger partial charge in [-0.1, -0.05) is 6.07 Å². The zero-order valence-corrected chi connectivity index (χ0v) is 15.7. The highest BCUT2D eigenvalue weighted by Crippen LogP contribution is 2.12. The molecule has 1 N–H and O–H groups in total. The van der Waals surface area contributed by atoms with Crippen molar-refractivity contribution in [3.8, 4) is 5.82 Å². The van der Waals surface area contributed by atoms with Gasteiger partial charge in [0, 0.05) is 44.5 Å². The Hall–Kier alpha value is -2.57. The Morgan fingerprint density at radius 1 is 1.30 bits per heavy atom. The number of hydrogen-bond donors (Lipinski definition) is 1. The van der Waals surface area contributed by atoms with E-state index in [1.165, 1.54) is 26.5 Å². The summed E-state index contributed by atoms with van der Waals surface area (Å²) in [5.74, 6) is 0.504. The minimum Gasteiger partial charge on any atom is -0.450 e. The number of rotatable bonds is 6. The van der Waals surface area contributed by atoms with Crippen molar-refractivity contribution in [3.63, 3.8) is 0 Å². The smallest absolute Gasteiger partial charge is 0.409 e. The summed E-state index contributed by atoms with van der Waals surface area (Å²) >= 11 is 0. The van der Waals surface area contributed by atoms with E-state index in [9.17, 15) is 13.2 Å². The van der Waals surface area contributed by atoms with Gasteiger partial charge in [-0.3, -0.25) is 0 Å². The molecule has 0 aliphatic carbocycles. The van der Waals surface area contributed by atoms with Crippen molar-refractivity contribution in [2.45, 2.75) is 13.5 Å². The van der Waals surface area contributed by atoms with Crippen LogP contribution in [-0.2, 0) is 21.5 Å². The van der Waals surface area contributed by atoms with Gasteiger partial charge in [-0.25, -0.2) is 19.4 Å². The standard InChI is InChI=1S/C15H21N7O4S/c1-2-26-15(23)20-6-8-21(9-7-20)27(24,25)19-10-13-4-3-5-17-14(13)22-12-16-11-18-22/h3-5,11-12,19H,2,6-10H2,1H3. The fourth-order valence-corrected chi connectivity index (χ4v) is 3.84. The largest absolute Gasteiger partial charge is 0.450 e. The summed E-state index contributed by atoms with van der Waals surface area (Å²) in [6.45, 7) is 3.07. The van der Waals surface area contributed by atoms with Crippen LogP contribution in [0.4, 0.5) is 4.79 Å². The molecule has 27 heavy (non-hydrogen) atoms. The molecule has 1 fully saturated rings. The van der Waals surface area contributed by atoms with E-state index in [1.807, 2.05) is 0 Å². The maximum Gasteiger partial charge on any atom is 0.409 e. The normalized spacial score (nSPS) is 15.7. The molecule has 0 bridgehead atoms. The molecule has 0 radical (unpaired) electrons. The molecule has 1 amide bonds. The highest BCUT2D eigenvalue weighted by atomic mass is 32.2. The molecule has 0 saturated carbocycles. The second-order valence-corrected chi connectivity index (χ2v) is 7.49. The first-order valence-corrected chi connectivity index (χ1v) is 9.90. The lowest BCUT2D eigenvalue weighted by Crippen LogP contribution is -2.53. The number of hydrogen-bond acceptors (Lipinski definition) is 7. The second kappa shape index (κ2) is 8.41. The van der Waals surface area contributed by atoms with E-state index in [4.69, 9.17) is 4.74 Å². The van der Waals surface area contributed by atoms with E-state index in [2.05, 4.69) is 19.8 Å². The van der Waals surface area contributed by atoms with Gasteiger partial charge in [0.05, 0.1) is 6.61 Å². The predicted molar refractivity (Wildman–Crippen MR) is 95.1 cm³/mol. The number of aromatic nitrogens is 4. The fourth-order valence-electron chi connectivity index (χ4n) is 2.68. The zero-order chi connectivity index (χ0) is 19.3. The van der Waals surface area contributed by atoms with Crippen LogP contribution < -0.4 is 4.72 Å². The van der Waals surface area contributed by atoms with Crippen molar-refractivity contribution in [2.24, 2.45) is 0 Å². The molecule has 11 nitrogen and oxygen atoms in total. The quantitative estimate of drug-likeness (QED) is 0.717. The number of amides is 1. The number of nitrogens with one attached hydrogen (secondary N) is 1. The zero-order valence-electron chi connectivity index (χ0n) is 14.9. The van der Waals surface area contributed by atoms with Gasteiger partial charge in [0.1, 0.15) is 12.7 Å². The average Bonchev–Trinajstić information content (AvgIpc) is 3.22. The van der Waals surface area contributed by atoms with Gasteiger partial charge < -0.3 is 9.64 Å². The van der Waals surface area contributed by atoms with E-state index < -0.39 is 16.3 Å². The lowest BCUT2D eigenvalue weighted by molar-refractivity contribution is 0.0932. The summed E-state index contributed by atoms with van der Waals surface area (Å²) in [4.78, 5) is 21.3. The predicted octanol–water partition coefficient (Wildman–Crippen LogP) is -0.229. The molecule has 0 atom stereocenters. The minimum absolute atomic E-state index is 0.0590. The van der Waals surface area contributed by atoms with Crippen LogP contribution in [0.1, 0.15) is 12.5 Å². The SMILES string of the molecule is CCOC(=O)N1CCN(S(=O)(=O)NCc2cccnc2-n2cncn2)CC1. The highest BCUT2D eigenvalue weighted by molar-refractivity contribution is 7.87. The second-order valence-electron chi connectivity index (χ2n) is 5.74. The topological polar surface area (TPSA) is 123 Å². The van der Waals surface area contributed by atoms with Crippen LogP contribution in [-0.4, -0.2) is 76.3 Å². The minimum atomic E-state index is -3.70. The first-order valence-electron chi connectivity index (χ1n) is 8.46. The number of piperazine rings is 1. The van der Waals surface area contributed by atoms with Gasteiger partial charge in [0.15, 0.2) is 5.82 Å². The van der Waals surface area contributed by atoms with Gasteiger partial charge in [-0.05, 0) is 13.0 Å². The molecule has 146 valence electrons. The van der Waals surface area contributed by atoms with Crippen molar-refractivity contribution in [3.05, 3.63) is 36.5 Å². The molecule has 0 aromatic carbocycles. The van der Waals surface area contributed by atoms with Crippen LogP contribution in [0.3, 0.4) is 0 Å². The van der Waals surface area contributed by atoms with Gasteiger partial charge in [0.2, 0.25) is 0 Å². The molecule has 2 aromatic heterocycles. The molecule has 1 saturated heterocycles. The van der Waals surface area contributed by atoms with E-state index in [-0.39, 0.29) is 39.3 Å². The maximum atomic E-state index is 12.6. The Kier molecular flexibility index (Phi) is 5.98. The Bertz CT molecular complexity index is 864. The summed E-state index contributed by atoms with van der Waals surface area (Å²) in [7, 11) is -3.70. The monoisotopic (exact) mass is 395 g/mol. The van der Waals surface area contributed by atoms with Crippen LogP contribution >= 0.6 is 0 Å². The van der Waals surface area contributed by atoms with Crippen molar-refractivity contribution in [1.82, 2.24) is 33.7 Å². The average molecular weight is 395 g/mol. The third kappa shape index (κ3) is 4.59. The summed E-state index contributed by atoms with van der Waals surface area (Å²) in [5, 5.41) is 4.03. The van der Waals surface area contributed by atoms with Crippen molar-refractivity contribution < 1.29 is 17.9 Å². The molecule has 3 rings (SSSR count). The molecule has 12 heteroatoms. The summed E-state index contributed by atoms with van der Waals surface area (Å²) < 4.78 is 35.5. The Balaban J connectivity index is 1.61. The van der Waals surface area contributed by atoms with Gasteiger partial charge in [0.25, 0.3) is 10.2 Å². The highest BCUT2D eigenvalue weighted by Gasteiger charge is 2.29. The molecule has 0 unspecified atom stereocenters. The van der Waals surface area contributed by atoms with Crippen molar-refractivity contribution in [1.29, 1.82) is 0 Å². The molecule has 1 aliphatic heterocycles. The van der Waals surface area contributed by atoms with E-state index in [0.717, 1.165) is 0 Å². The Morgan fingerprint density at radius 3 is 2.74 bits per heavy atom. The summed E-state index contributed by atoms with van der Waals surface area (Å²) in [5.41, 5.74) is 0.664. The van der Waals surface area contributed by atoms with Crippen LogP contribution in [0.2, 0.25) is 0 Å². The number of carbonyl (C=O) groups excluding carboxylic acids is 1. The summed E-state index contributed by atoms with van der Waals surface area (Å²) in [6.07, 6.45) is 4.06. The van der Waals surface area contributed by atoms with Crippen LogP contribution in [0.15, 0.2) is 31.0 Å². The van der Waals surface area contributed by atoms with E-state index >= 15 is 0 Å². The molecule has 0 spiro atoms. The van der Waals surface area contributed by atoms with E-state index in [1.54, 1.807) is 25.3 Å². The number of ether oxygens (including phenoxy) is 1. The van der Waals surface area contributed by atoms with Crippen LogP contribution in [0.5, 0.6) is 0 Å². The van der Waals surface area contributed by atoms with Crippen LogP contribution in [0.25, 0.3) is 5.82 Å². The number of nitrogens with zero attached hydrogens (tertiary/aromatic N) is 6. The van der Waals surface area contributed by atoms with Gasteiger partial charge >= 0.3 is 6.09 Å². The lowest BCUT2D eigenvalue weighted by Gasteiger charge is -2.33. The van der Waals surface area contributed by atoms with E-state index in [0.29, 0.717) is 11.4 Å². The third-order valence-electron chi connectivity index (χ3n) is 4.05. The summed E-state index contributed by atoms with van der Waals surface area (Å²) in [6, 6.07) is 3.49. The molecular formula is C15H21N7O4S. The molecular weight excluding hydrogens is 374 g/mol. The maximum absolute atomic E-state index is 12.6. The third-order valence-corrected chi connectivity index (χ3v) is 5.61. The van der Waals surface area contributed by atoms with Gasteiger partial charge in [-0.15, -0.1) is 0 Å². The first-order chi connectivity index (χ1) is 13.0. The van der Waals surface area contributed by atoms with Crippen molar-refractivity contribution in [2.75, 3.05) is 32.8 Å². The first kappa shape index (κ1) is 19.2. The lowest BCUT2D eigenvalue weighted by atomic mass is 10.2. The fraction of sp³-hybridized carbons (Fsp3) is 0.467. The van der Waals surface area contributed by atoms with Gasteiger partial charge in [-0.2, -0.15) is 22.5 Å². The number of pyridine rings is 1. The van der Waals surface area contributed by atoms with Crippen LogP contribution in [0, 0.1) is 0 Å². The Labute approximate surface area is 157 Å². The molecule has 1 aliphatic rings. The van der Waals surface area contributed by atoms with Crippen molar-refractivity contribution >= 4 is 16.3 Å².